The van der Waals surface area contributed by atoms with Gasteiger partial charge in [-0.25, -0.2) is 5.43 Å². The second kappa shape index (κ2) is 12.8. The molecule has 0 bridgehead atoms. The quantitative estimate of drug-likeness (QED) is 0.414. The number of nitrogens with zero attached hydrogens (tertiary/aromatic N) is 1. The van der Waals surface area contributed by atoms with E-state index in [-0.39, 0.29) is 24.5 Å². The highest BCUT2D eigenvalue weighted by molar-refractivity contribution is 7.99. The molecule has 2 aromatic carbocycles. The Balaban J connectivity index is 1.30. The molecule has 0 radical (unpaired) electrons. The van der Waals surface area contributed by atoms with Crippen LogP contribution in [0.5, 0.6) is 5.75 Å². The Morgan fingerprint density at radius 2 is 1.94 bits per heavy atom. The van der Waals surface area contributed by atoms with Gasteiger partial charge in [-0.2, -0.15) is 5.10 Å². The highest BCUT2D eigenvalue weighted by Gasteiger charge is 2.16. The predicted octanol–water partition coefficient (Wildman–Crippen LogP) is 2.74. The molecule has 1 heterocycles. The topological polar surface area (TPSA) is 89.0 Å². The van der Waals surface area contributed by atoms with Crippen LogP contribution < -0.4 is 15.5 Å². The number of thioether (sulfide) groups is 1. The lowest BCUT2D eigenvalue weighted by molar-refractivity contribution is -0.123. The van der Waals surface area contributed by atoms with Crippen molar-refractivity contribution in [1.29, 1.82) is 0 Å². The molecule has 1 aliphatic heterocycles. The van der Waals surface area contributed by atoms with Gasteiger partial charge in [-0.3, -0.25) is 9.59 Å². The number of amides is 2. The second-order valence-electron chi connectivity index (χ2n) is 7.07. The first-order valence-electron chi connectivity index (χ1n) is 10.2. The largest absolute Gasteiger partial charge is 0.484 e. The first-order valence-corrected chi connectivity index (χ1v) is 11.4. The first kappa shape index (κ1) is 22.8. The fraction of sp³-hybridized carbons (Fsp3) is 0.348. The highest BCUT2D eigenvalue weighted by Crippen LogP contribution is 2.13. The monoisotopic (exact) mass is 441 g/mol. The van der Waals surface area contributed by atoms with E-state index in [0.29, 0.717) is 18.0 Å². The van der Waals surface area contributed by atoms with Crippen LogP contribution >= 0.6 is 11.8 Å². The van der Waals surface area contributed by atoms with Crippen molar-refractivity contribution in [2.24, 2.45) is 5.10 Å². The molecule has 164 valence electrons. The van der Waals surface area contributed by atoms with E-state index in [9.17, 15) is 9.59 Å². The number of carbonyl (C=O) groups is 2. The van der Waals surface area contributed by atoms with Gasteiger partial charge in [-0.1, -0.05) is 30.3 Å². The molecule has 2 aromatic rings. The number of hydrazone groups is 1. The summed E-state index contributed by atoms with van der Waals surface area (Å²) < 4.78 is 11.0. The van der Waals surface area contributed by atoms with Gasteiger partial charge in [0.15, 0.2) is 6.61 Å². The summed E-state index contributed by atoms with van der Waals surface area (Å²) in [6, 6.07) is 17.1. The molecular weight excluding hydrogens is 414 g/mol. The van der Waals surface area contributed by atoms with Crippen LogP contribution in [0.3, 0.4) is 0 Å². The average Bonchev–Trinajstić information content (AvgIpc) is 3.32. The van der Waals surface area contributed by atoms with Crippen LogP contribution in [0.15, 0.2) is 59.7 Å². The summed E-state index contributed by atoms with van der Waals surface area (Å²) in [6.45, 7) is 1.24. The van der Waals surface area contributed by atoms with Crippen LogP contribution in [0.4, 0.5) is 0 Å². The number of nitrogens with one attached hydrogen (secondary N) is 2. The van der Waals surface area contributed by atoms with E-state index in [1.54, 1.807) is 30.5 Å². The van der Waals surface area contributed by atoms with Gasteiger partial charge in [0.1, 0.15) is 5.75 Å². The Morgan fingerprint density at radius 1 is 1.13 bits per heavy atom. The van der Waals surface area contributed by atoms with E-state index in [4.69, 9.17) is 9.47 Å². The maximum absolute atomic E-state index is 11.9. The van der Waals surface area contributed by atoms with E-state index in [0.717, 1.165) is 30.8 Å². The van der Waals surface area contributed by atoms with Crippen LogP contribution in [-0.4, -0.2) is 49.6 Å². The number of rotatable bonds is 11. The van der Waals surface area contributed by atoms with Crippen LogP contribution in [0.25, 0.3) is 0 Å². The lowest BCUT2D eigenvalue weighted by Gasteiger charge is -2.11. The Kier molecular flexibility index (Phi) is 9.40. The van der Waals surface area contributed by atoms with Crippen molar-refractivity contribution < 1.29 is 19.1 Å². The van der Waals surface area contributed by atoms with Gasteiger partial charge in [-0.15, -0.1) is 11.8 Å². The van der Waals surface area contributed by atoms with Crippen LogP contribution in [0.1, 0.15) is 24.0 Å². The fourth-order valence-corrected chi connectivity index (χ4v) is 3.71. The van der Waals surface area contributed by atoms with E-state index in [1.807, 2.05) is 30.3 Å². The summed E-state index contributed by atoms with van der Waals surface area (Å²) in [5.41, 5.74) is 4.52. The van der Waals surface area contributed by atoms with Crippen molar-refractivity contribution in [3.63, 3.8) is 0 Å². The summed E-state index contributed by atoms with van der Waals surface area (Å²) in [5.74, 6) is 1.39. The minimum Gasteiger partial charge on any atom is -0.484 e. The molecule has 1 aliphatic rings. The van der Waals surface area contributed by atoms with E-state index < -0.39 is 0 Å². The number of carbonyl (C=O) groups excluding carboxylic acids is 2. The number of hydrogen-bond donors (Lipinski definition) is 2. The maximum atomic E-state index is 11.9. The minimum atomic E-state index is -0.172. The normalized spacial score (nSPS) is 15.7. The van der Waals surface area contributed by atoms with Crippen molar-refractivity contribution in [2.75, 3.05) is 25.5 Å². The molecule has 2 N–H and O–H groups in total. The lowest BCUT2D eigenvalue weighted by Crippen LogP contribution is -2.35. The summed E-state index contributed by atoms with van der Waals surface area (Å²) in [7, 11) is 0. The third kappa shape index (κ3) is 8.82. The van der Waals surface area contributed by atoms with Crippen molar-refractivity contribution in [2.45, 2.75) is 24.7 Å². The zero-order valence-electron chi connectivity index (χ0n) is 17.3. The minimum absolute atomic E-state index is 0.0448. The van der Waals surface area contributed by atoms with Gasteiger partial charge >= 0.3 is 0 Å². The molecule has 7 nitrogen and oxygen atoms in total. The molecule has 0 aromatic heterocycles. The smallest absolute Gasteiger partial charge is 0.258 e. The summed E-state index contributed by atoms with van der Waals surface area (Å²) in [4.78, 5) is 23.7. The summed E-state index contributed by atoms with van der Waals surface area (Å²) in [5, 5.41) is 6.79. The van der Waals surface area contributed by atoms with Crippen LogP contribution in [0, 0.1) is 0 Å². The van der Waals surface area contributed by atoms with Crippen molar-refractivity contribution in [3.8, 4) is 5.75 Å². The van der Waals surface area contributed by atoms with E-state index in [1.165, 1.54) is 17.3 Å². The Morgan fingerprint density at radius 3 is 2.68 bits per heavy atom. The van der Waals surface area contributed by atoms with Crippen molar-refractivity contribution in [3.05, 3.63) is 65.7 Å². The van der Waals surface area contributed by atoms with E-state index >= 15 is 0 Å². The lowest BCUT2D eigenvalue weighted by atomic mass is 10.2. The van der Waals surface area contributed by atoms with E-state index in [2.05, 4.69) is 15.8 Å². The number of benzene rings is 2. The Hall–Kier alpha value is -2.84. The van der Waals surface area contributed by atoms with Gasteiger partial charge < -0.3 is 14.8 Å². The molecule has 8 heteroatoms. The van der Waals surface area contributed by atoms with Gasteiger partial charge in [0.2, 0.25) is 5.91 Å². The van der Waals surface area contributed by atoms with Gasteiger partial charge in [0, 0.05) is 18.9 Å². The van der Waals surface area contributed by atoms with Crippen LogP contribution in [-0.2, 0) is 20.1 Å². The van der Waals surface area contributed by atoms with Gasteiger partial charge in [0.05, 0.1) is 18.1 Å². The molecule has 3 rings (SSSR count). The fourth-order valence-electron chi connectivity index (χ4n) is 2.93. The number of ether oxygens (including phenoxy) is 2. The molecule has 0 spiro atoms. The molecule has 2 amide bonds. The molecular formula is C23H27N3O4S. The second-order valence-corrected chi connectivity index (χ2v) is 8.05. The van der Waals surface area contributed by atoms with Gasteiger partial charge in [0.25, 0.3) is 5.91 Å². The summed E-state index contributed by atoms with van der Waals surface area (Å²) >= 11 is 1.54. The van der Waals surface area contributed by atoms with Gasteiger partial charge in [-0.05, 0) is 48.2 Å². The maximum Gasteiger partial charge on any atom is 0.258 e. The SMILES string of the molecule is O=C(COc1ccc(C=NNC(=O)CSCc2ccccc2)cc1)NCC1CCCO1. The third-order valence-electron chi connectivity index (χ3n) is 4.55. The van der Waals surface area contributed by atoms with Crippen molar-refractivity contribution in [1.82, 2.24) is 10.7 Å². The molecule has 31 heavy (non-hydrogen) atoms. The predicted molar refractivity (Wildman–Crippen MR) is 122 cm³/mol. The van der Waals surface area contributed by atoms with Crippen LogP contribution in [0.2, 0.25) is 0 Å². The molecule has 1 saturated heterocycles. The number of hydrogen-bond acceptors (Lipinski definition) is 6. The zero-order valence-corrected chi connectivity index (χ0v) is 18.1. The molecule has 0 saturated carbocycles. The zero-order chi connectivity index (χ0) is 21.7. The average molecular weight is 442 g/mol. The highest BCUT2D eigenvalue weighted by atomic mass is 32.2. The van der Waals surface area contributed by atoms with Crippen molar-refractivity contribution >= 4 is 29.8 Å². The molecule has 0 aliphatic carbocycles. The molecule has 1 unspecified atom stereocenters. The summed E-state index contributed by atoms with van der Waals surface area (Å²) in [6.07, 6.45) is 3.71. The standard InChI is InChI=1S/C23H27N3O4S/c27-22(24-14-21-7-4-12-29-21)15-30-20-10-8-18(9-11-20)13-25-26-23(28)17-31-16-19-5-2-1-3-6-19/h1-3,5-6,8-11,13,21H,4,7,12,14-17H2,(H,24,27)(H,26,28). The first-order chi connectivity index (χ1) is 15.2. The Labute approximate surface area is 186 Å². The molecule has 1 atom stereocenters. The third-order valence-corrected chi connectivity index (χ3v) is 5.55. The molecule has 1 fully saturated rings. The Bertz CT molecular complexity index is 853.